The Morgan fingerprint density at radius 3 is 2.76 bits per heavy atom. The van der Waals surface area contributed by atoms with Crippen LogP contribution in [0.2, 0.25) is 0 Å². The van der Waals surface area contributed by atoms with Crippen molar-refractivity contribution in [1.29, 1.82) is 0 Å². The van der Waals surface area contributed by atoms with E-state index in [1.807, 2.05) is 0 Å². The smallest absolute Gasteiger partial charge is 0.237 e. The van der Waals surface area contributed by atoms with Gasteiger partial charge in [-0.1, -0.05) is 0 Å². The summed E-state index contributed by atoms with van der Waals surface area (Å²) in [5.41, 5.74) is 9.59. The molecule has 2 rings (SSSR count). The molecule has 0 saturated heterocycles. The molecule has 90 valence electrons. The Morgan fingerprint density at radius 1 is 1.41 bits per heavy atom. The number of aromatic nitrogens is 4. The predicted octanol–water partition coefficient (Wildman–Crippen LogP) is -0.657. The van der Waals surface area contributed by atoms with E-state index in [0.717, 1.165) is 0 Å². The van der Waals surface area contributed by atoms with Gasteiger partial charge in [-0.25, -0.2) is 10.4 Å². The molecule has 1 atom stereocenters. The lowest BCUT2D eigenvalue weighted by Crippen LogP contribution is -2.30. The van der Waals surface area contributed by atoms with Gasteiger partial charge in [0.05, 0.1) is 19.3 Å². The van der Waals surface area contributed by atoms with E-state index < -0.39 is 6.04 Å². The Morgan fingerprint density at radius 2 is 2.18 bits per heavy atom. The third kappa shape index (κ3) is 2.03. The second-order valence-corrected chi connectivity index (χ2v) is 3.29. The summed E-state index contributed by atoms with van der Waals surface area (Å²) in [5, 5.41) is 6.47. The van der Waals surface area contributed by atoms with Crippen LogP contribution in [-0.2, 0) is 0 Å². The maximum Gasteiger partial charge on any atom is 0.237 e. The van der Waals surface area contributed by atoms with Crippen molar-refractivity contribution in [3.8, 4) is 5.88 Å². The van der Waals surface area contributed by atoms with Gasteiger partial charge >= 0.3 is 0 Å². The molecule has 0 amide bonds. The van der Waals surface area contributed by atoms with Crippen molar-refractivity contribution in [2.75, 3.05) is 12.8 Å². The van der Waals surface area contributed by atoms with Crippen molar-refractivity contribution in [2.24, 2.45) is 5.84 Å². The molecule has 0 spiro atoms. The van der Waals surface area contributed by atoms with Crippen molar-refractivity contribution in [3.63, 3.8) is 0 Å². The topological polar surface area (TPSA) is 128 Å². The average Bonchev–Trinajstić information content (AvgIpc) is 2.78. The molecular weight excluding hydrogens is 222 g/mol. The average molecular weight is 235 g/mol. The Kier molecular flexibility index (Phi) is 3.17. The number of H-pyrrole nitrogens is 1. The summed E-state index contributed by atoms with van der Waals surface area (Å²) in [4.78, 5) is 8.24. The number of aromatic amines is 1. The maximum absolute atomic E-state index is 5.74. The van der Waals surface area contributed by atoms with Crippen LogP contribution in [0.3, 0.4) is 0 Å². The molecule has 0 bridgehead atoms. The van der Waals surface area contributed by atoms with E-state index in [2.05, 4.69) is 25.6 Å². The molecule has 1 unspecified atom stereocenters. The zero-order chi connectivity index (χ0) is 12.3. The zero-order valence-electron chi connectivity index (χ0n) is 9.21. The molecular formula is C9H13N7O. The summed E-state index contributed by atoms with van der Waals surface area (Å²) >= 11 is 0. The van der Waals surface area contributed by atoms with E-state index in [1.54, 1.807) is 12.4 Å². The van der Waals surface area contributed by atoms with Crippen LogP contribution in [0.1, 0.15) is 17.3 Å². The van der Waals surface area contributed by atoms with Gasteiger partial charge in [0.15, 0.2) is 0 Å². The van der Waals surface area contributed by atoms with Crippen molar-refractivity contribution in [3.05, 3.63) is 29.8 Å². The minimum Gasteiger partial charge on any atom is -0.480 e. The van der Waals surface area contributed by atoms with E-state index in [9.17, 15) is 0 Å². The number of hydrazine groups is 1. The standard InChI is InChI=1S/C9H13N7O/c1-17-9-7(12-2-3-13-9)6(15-11)5-4-14-16-8(5)10/h2-4,6,15H,11H2,1H3,(H3,10,14,16). The van der Waals surface area contributed by atoms with Crippen molar-refractivity contribution in [2.45, 2.75) is 6.04 Å². The third-order valence-electron chi connectivity index (χ3n) is 2.34. The molecule has 6 N–H and O–H groups in total. The first-order chi connectivity index (χ1) is 8.27. The molecule has 0 aliphatic heterocycles. The number of nitrogens with one attached hydrogen (secondary N) is 2. The van der Waals surface area contributed by atoms with Crippen LogP contribution in [-0.4, -0.2) is 27.3 Å². The number of methoxy groups -OCH3 is 1. The number of ether oxygens (including phenoxy) is 1. The Labute approximate surface area is 97.4 Å². The van der Waals surface area contributed by atoms with Crippen LogP contribution in [0.4, 0.5) is 5.82 Å². The monoisotopic (exact) mass is 235 g/mol. The summed E-state index contributed by atoms with van der Waals surface area (Å²) in [6.45, 7) is 0. The van der Waals surface area contributed by atoms with E-state index >= 15 is 0 Å². The summed E-state index contributed by atoms with van der Waals surface area (Å²) in [5.74, 6) is 6.32. The van der Waals surface area contributed by atoms with Crippen molar-refractivity contribution < 1.29 is 4.74 Å². The van der Waals surface area contributed by atoms with Gasteiger partial charge in [0, 0.05) is 18.0 Å². The minimum atomic E-state index is -0.433. The first-order valence-electron chi connectivity index (χ1n) is 4.87. The Balaban J connectivity index is 2.46. The number of rotatable bonds is 4. The van der Waals surface area contributed by atoms with Gasteiger partial charge in [0.25, 0.3) is 0 Å². The van der Waals surface area contributed by atoms with Crippen LogP contribution in [0, 0.1) is 0 Å². The molecule has 2 heterocycles. The fraction of sp³-hybridized carbons (Fsp3) is 0.222. The normalized spacial score (nSPS) is 12.4. The Hall–Kier alpha value is -2.19. The molecule has 0 radical (unpaired) electrons. The molecule has 0 saturated carbocycles. The highest BCUT2D eigenvalue weighted by molar-refractivity contribution is 5.44. The van der Waals surface area contributed by atoms with Crippen LogP contribution >= 0.6 is 0 Å². The third-order valence-corrected chi connectivity index (χ3v) is 2.34. The number of hydrogen-bond donors (Lipinski definition) is 4. The number of nitrogens with two attached hydrogens (primary N) is 2. The summed E-state index contributed by atoms with van der Waals surface area (Å²) < 4.78 is 5.13. The minimum absolute atomic E-state index is 0.385. The highest BCUT2D eigenvalue weighted by Crippen LogP contribution is 2.27. The van der Waals surface area contributed by atoms with Crippen LogP contribution < -0.4 is 21.7 Å². The first-order valence-corrected chi connectivity index (χ1v) is 4.87. The van der Waals surface area contributed by atoms with E-state index in [-0.39, 0.29) is 0 Å². The van der Waals surface area contributed by atoms with E-state index in [4.69, 9.17) is 16.3 Å². The molecule has 8 nitrogen and oxygen atoms in total. The Bertz CT molecular complexity index is 498. The predicted molar refractivity (Wildman–Crippen MR) is 60.8 cm³/mol. The van der Waals surface area contributed by atoms with Gasteiger partial charge in [-0.05, 0) is 0 Å². The zero-order valence-corrected chi connectivity index (χ0v) is 9.21. The maximum atomic E-state index is 5.74. The number of nitrogens with zero attached hydrogens (tertiary/aromatic N) is 3. The van der Waals surface area contributed by atoms with Crippen LogP contribution in [0.25, 0.3) is 0 Å². The number of anilines is 1. The van der Waals surface area contributed by atoms with E-state index in [1.165, 1.54) is 13.3 Å². The lowest BCUT2D eigenvalue weighted by atomic mass is 10.1. The second-order valence-electron chi connectivity index (χ2n) is 3.29. The quantitative estimate of drug-likeness (QED) is 0.409. The SMILES string of the molecule is COc1nccnc1C(NN)c1cn[nH]c1N. The molecule has 17 heavy (non-hydrogen) atoms. The van der Waals surface area contributed by atoms with Gasteiger partial charge in [-0.15, -0.1) is 0 Å². The fourth-order valence-electron chi connectivity index (χ4n) is 1.54. The molecule has 2 aromatic heterocycles. The molecule has 8 heteroatoms. The summed E-state index contributed by atoms with van der Waals surface area (Å²) in [6.07, 6.45) is 4.67. The van der Waals surface area contributed by atoms with Crippen LogP contribution in [0.5, 0.6) is 5.88 Å². The van der Waals surface area contributed by atoms with Gasteiger partial charge in [0.2, 0.25) is 5.88 Å². The van der Waals surface area contributed by atoms with Gasteiger partial charge in [-0.2, -0.15) is 5.10 Å². The molecule has 0 aromatic carbocycles. The fourth-order valence-corrected chi connectivity index (χ4v) is 1.54. The lowest BCUT2D eigenvalue weighted by molar-refractivity contribution is 0.383. The number of nitrogen functional groups attached to an aromatic ring is 1. The van der Waals surface area contributed by atoms with Crippen molar-refractivity contribution >= 4 is 5.82 Å². The second kappa shape index (κ2) is 4.76. The van der Waals surface area contributed by atoms with Gasteiger partial charge in [-0.3, -0.25) is 15.9 Å². The van der Waals surface area contributed by atoms with Gasteiger partial charge in [0.1, 0.15) is 11.5 Å². The first kappa shape index (κ1) is 11.3. The number of hydrogen-bond acceptors (Lipinski definition) is 7. The molecule has 0 aliphatic rings. The van der Waals surface area contributed by atoms with Crippen molar-refractivity contribution in [1.82, 2.24) is 25.6 Å². The highest BCUT2D eigenvalue weighted by Gasteiger charge is 2.22. The van der Waals surface area contributed by atoms with E-state index in [0.29, 0.717) is 23.0 Å². The highest BCUT2D eigenvalue weighted by atomic mass is 16.5. The largest absolute Gasteiger partial charge is 0.480 e. The summed E-state index contributed by atoms with van der Waals surface area (Å²) in [7, 11) is 1.51. The molecule has 2 aromatic rings. The molecule has 0 fully saturated rings. The lowest BCUT2D eigenvalue weighted by Gasteiger charge is -2.16. The summed E-state index contributed by atoms with van der Waals surface area (Å²) in [6, 6.07) is -0.433. The molecule has 0 aliphatic carbocycles. The van der Waals surface area contributed by atoms with Crippen LogP contribution in [0.15, 0.2) is 18.6 Å². The van der Waals surface area contributed by atoms with Gasteiger partial charge < -0.3 is 10.5 Å².